The number of hydrogen-bond acceptors (Lipinski definition) is 6. The third kappa shape index (κ3) is 3.96. The molecule has 3 aromatic rings. The number of nitrogens with zero attached hydrogens (tertiary/aromatic N) is 2. The van der Waals surface area contributed by atoms with Gasteiger partial charge in [0.1, 0.15) is 12.0 Å². The summed E-state index contributed by atoms with van der Waals surface area (Å²) in [6, 6.07) is 11.3. The van der Waals surface area contributed by atoms with E-state index in [0.717, 1.165) is 0 Å². The second-order valence-electron chi connectivity index (χ2n) is 5.25. The molecule has 3 rings (SSSR count). The zero-order valence-electron chi connectivity index (χ0n) is 13.2. The summed E-state index contributed by atoms with van der Waals surface area (Å²) in [5.41, 5.74) is 7.91. The minimum Gasteiger partial charge on any atom is -0.478 e. The molecule has 0 atom stereocenters. The van der Waals surface area contributed by atoms with E-state index in [-0.39, 0.29) is 5.56 Å². The minimum atomic E-state index is -0.994. The number of nitrogens with two attached hydrogens (primary N) is 1. The van der Waals surface area contributed by atoms with Gasteiger partial charge < -0.3 is 21.5 Å². The van der Waals surface area contributed by atoms with Gasteiger partial charge in [-0.15, -0.1) is 0 Å². The van der Waals surface area contributed by atoms with Crippen molar-refractivity contribution in [3.63, 3.8) is 0 Å². The molecule has 0 aliphatic heterocycles. The molecule has 0 bridgehead atoms. The maximum Gasteiger partial charge on any atom is 0.335 e. The fourth-order valence-electron chi connectivity index (χ4n) is 2.14. The second kappa shape index (κ2) is 7.47. The Kier molecular flexibility index (Phi) is 5.11. The molecule has 0 radical (unpaired) electrons. The highest BCUT2D eigenvalue weighted by Gasteiger charge is 2.10. The van der Waals surface area contributed by atoms with Crippen molar-refractivity contribution in [3.05, 3.63) is 64.4 Å². The SMILES string of the molecule is Nc1c(Nc2ccc(C(=O)O)cc2)ncnc1Nc1ccc(Cl)c(Cl)c1. The fourth-order valence-corrected chi connectivity index (χ4v) is 2.44. The first-order chi connectivity index (χ1) is 12.4. The van der Waals surface area contributed by atoms with Crippen molar-refractivity contribution >= 4 is 57.9 Å². The molecule has 132 valence electrons. The molecule has 0 unspecified atom stereocenters. The van der Waals surface area contributed by atoms with E-state index >= 15 is 0 Å². The van der Waals surface area contributed by atoms with Gasteiger partial charge in [0.2, 0.25) is 0 Å². The number of nitrogen functional groups attached to an aromatic ring is 1. The molecule has 2 aromatic carbocycles. The molecule has 0 saturated carbocycles. The average molecular weight is 390 g/mol. The Bertz CT molecular complexity index is 964. The summed E-state index contributed by atoms with van der Waals surface area (Å²) >= 11 is 11.9. The first-order valence-corrected chi connectivity index (χ1v) is 8.12. The summed E-state index contributed by atoms with van der Waals surface area (Å²) in [7, 11) is 0. The molecular weight excluding hydrogens is 377 g/mol. The van der Waals surface area contributed by atoms with Gasteiger partial charge in [-0.25, -0.2) is 14.8 Å². The van der Waals surface area contributed by atoms with Crippen molar-refractivity contribution in [3.8, 4) is 0 Å². The van der Waals surface area contributed by atoms with Gasteiger partial charge in [-0.1, -0.05) is 23.2 Å². The van der Waals surface area contributed by atoms with Crippen LogP contribution in [0.3, 0.4) is 0 Å². The number of aromatic carboxylic acids is 1. The highest BCUT2D eigenvalue weighted by atomic mass is 35.5. The number of rotatable bonds is 5. The smallest absolute Gasteiger partial charge is 0.335 e. The van der Waals surface area contributed by atoms with Gasteiger partial charge in [0.25, 0.3) is 0 Å². The maximum atomic E-state index is 10.9. The molecule has 9 heteroatoms. The highest BCUT2D eigenvalue weighted by Crippen LogP contribution is 2.30. The van der Waals surface area contributed by atoms with Crippen LogP contribution in [0.1, 0.15) is 10.4 Å². The van der Waals surface area contributed by atoms with Crippen LogP contribution < -0.4 is 16.4 Å². The summed E-state index contributed by atoms with van der Waals surface area (Å²) in [6.45, 7) is 0. The number of carboxylic acid groups (broad SMARTS) is 1. The van der Waals surface area contributed by atoms with E-state index in [2.05, 4.69) is 20.6 Å². The van der Waals surface area contributed by atoms with E-state index in [0.29, 0.717) is 38.7 Å². The van der Waals surface area contributed by atoms with E-state index in [9.17, 15) is 4.79 Å². The van der Waals surface area contributed by atoms with Crippen LogP contribution in [0.2, 0.25) is 10.0 Å². The number of aromatic nitrogens is 2. The first-order valence-electron chi connectivity index (χ1n) is 7.37. The zero-order chi connectivity index (χ0) is 18.7. The van der Waals surface area contributed by atoms with Crippen LogP contribution in [0.25, 0.3) is 0 Å². The largest absolute Gasteiger partial charge is 0.478 e. The Morgan fingerprint density at radius 3 is 2.08 bits per heavy atom. The van der Waals surface area contributed by atoms with Gasteiger partial charge in [0.05, 0.1) is 15.6 Å². The second-order valence-corrected chi connectivity index (χ2v) is 6.06. The number of benzene rings is 2. The van der Waals surface area contributed by atoms with Gasteiger partial charge in [0.15, 0.2) is 11.6 Å². The lowest BCUT2D eigenvalue weighted by atomic mass is 10.2. The molecule has 1 heterocycles. The predicted octanol–water partition coefficient (Wildman–Crippen LogP) is 4.55. The monoisotopic (exact) mass is 389 g/mol. The Hall–Kier alpha value is -3.03. The molecule has 1 aromatic heterocycles. The van der Waals surface area contributed by atoms with Crippen molar-refractivity contribution in [2.75, 3.05) is 16.4 Å². The molecule has 0 amide bonds. The molecule has 0 spiro atoms. The molecule has 0 aliphatic rings. The van der Waals surface area contributed by atoms with E-state index in [1.807, 2.05) is 0 Å². The standard InChI is InChI=1S/C17H13Cl2N5O2/c18-12-6-5-11(7-13(12)19)24-16-14(20)15(21-8-22-16)23-10-3-1-9(2-4-10)17(25)26/h1-8H,20H2,(H,25,26)(H2,21,22,23,24). The first kappa shape index (κ1) is 17.8. The van der Waals surface area contributed by atoms with E-state index in [1.165, 1.54) is 18.5 Å². The van der Waals surface area contributed by atoms with Crippen molar-refractivity contribution in [2.24, 2.45) is 0 Å². The number of carbonyl (C=O) groups is 1. The van der Waals surface area contributed by atoms with Crippen LogP contribution >= 0.6 is 23.2 Å². The van der Waals surface area contributed by atoms with Crippen molar-refractivity contribution in [2.45, 2.75) is 0 Å². The molecule has 5 N–H and O–H groups in total. The van der Waals surface area contributed by atoms with Crippen LogP contribution in [-0.4, -0.2) is 21.0 Å². The highest BCUT2D eigenvalue weighted by molar-refractivity contribution is 6.42. The van der Waals surface area contributed by atoms with Crippen LogP contribution in [0.5, 0.6) is 0 Å². The van der Waals surface area contributed by atoms with Crippen LogP contribution in [-0.2, 0) is 0 Å². The van der Waals surface area contributed by atoms with Crippen molar-refractivity contribution in [1.29, 1.82) is 0 Å². The molecule has 0 aliphatic carbocycles. The minimum absolute atomic E-state index is 0.188. The fraction of sp³-hybridized carbons (Fsp3) is 0. The third-order valence-electron chi connectivity index (χ3n) is 3.46. The molecule has 26 heavy (non-hydrogen) atoms. The molecule has 0 fully saturated rings. The number of hydrogen-bond donors (Lipinski definition) is 4. The van der Waals surface area contributed by atoms with Gasteiger partial charge in [0, 0.05) is 11.4 Å². The van der Waals surface area contributed by atoms with Crippen molar-refractivity contribution < 1.29 is 9.90 Å². The number of carboxylic acids is 1. The quantitative estimate of drug-likeness (QED) is 0.505. The predicted molar refractivity (Wildman–Crippen MR) is 103 cm³/mol. The van der Waals surface area contributed by atoms with Gasteiger partial charge in [-0.2, -0.15) is 0 Å². The lowest BCUT2D eigenvalue weighted by molar-refractivity contribution is 0.0697. The Balaban J connectivity index is 1.82. The van der Waals surface area contributed by atoms with Crippen LogP contribution in [0.4, 0.5) is 28.7 Å². The topological polar surface area (TPSA) is 113 Å². The number of anilines is 5. The molecule has 0 saturated heterocycles. The summed E-state index contributed by atoms with van der Waals surface area (Å²) in [6.07, 6.45) is 1.35. The summed E-state index contributed by atoms with van der Waals surface area (Å²) in [4.78, 5) is 19.1. The Labute approximate surface area is 158 Å². The summed E-state index contributed by atoms with van der Waals surface area (Å²) < 4.78 is 0. The number of halogens is 2. The normalized spacial score (nSPS) is 10.4. The Morgan fingerprint density at radius 1 is 0.923 bits per heavy atom. The lowest BCUT2D eigenvalue weighted by Crippen LogP contribution is -2.05. The maximum absolute atomic E-state index is 10.9. The van der Waals surface area contributed by atoms with E-state index in [4.69, 9.17) is 34.0 Å². The third-order valence-corrected chi connectivity index (χ3v) is 4.20. The van der Waals surface area contributed by atoms with Crippen molar-refractivity contribution in [1.82, 2.24) is 9.97 Å². The average Bonchev–Trinajstić information content (AvgIpc) is 2.62. The zero-order valence-corrected chi connectivity index (χ0v) is 14.7. The lowest BCUT2D eigenvalue weighted by Gasteiger charge is -2.13. The summed E-state index contributed by atoms with van der Waals surface area (Å²) in [5, 5.41) is 15.9. The van der Waals surface area contributed by atoms with E-state index in [1.54, 1.807) is 30.3 Å². The van der Waals surface area contributed by atoms with Gasteiger partial charge in [-0.3, -0.25) is 0 Å². The van der Waals surface area contributed by atoms with E-state index < -0.39 is 5.97 Å². The summed E-state index contributed by atoms with van der Waals surface area (Å²) in [5.74, 6) is -0.222. The number of nitrogens with one attached hydrogen (secondary N) is 2. The van der Waals surface area contributed by atoms with Gasteiger partial charge in [-0.05, 0) is 42.5 Å². The molecular formula is C17H13Cl2N5O2. The Morgan fingerprint density at radius 2 is 1.50 bits per heavy atom. The van der Waals surface area contributed by atoms with Gasteiger partial charge >= 0.3 is 5.97 Å². The van der Waals surface area contributed by atoms with Crippen LogP contribution in [0, 0.1) is 0 Å². The van der Waals surface area contributed by atoms with Crippen LogP contribution in [0.15, 0.2) is 48.8 Å². The molecule has 7 nitrogen and oxygen atoms in total.